The van der Waals surface area contributed by atoms with E-state index in [1.165, 1.54) is 0 Å². The van der Waals surface area contributed by atoms with Crippen LogP contribution in [0.3, 0.4) is 0 Å². The molecule has 0 fully saturated rings. The second kappa shape index (κ2) is 7.12. The maximum atomic E-state index is 13.2. The Labute approximate surface area is 153 Å². The summed E-state index contributed by atoms with van der Waals surface area (Å²) < 4.78 is 2.11. The van der Waals surface area contributed by atoms with Crippen LogP contribution >= 0.6 is 0 Å². The largest absolute Gasteiger partial charge is 0.351 e. The number of carbonyl (C=O) groups excluding carboxylic acids is 1. The smallest absolute Gasteiger partial charge is 0.232 e. The number of carbonyl (C=O) groups is 1. The van der Waals surface area contributed by atoms with Gasteiger partial charge in [-0.1, -0.05) is 60.7 Å². The second-order valence-electron chi connectivity index (χ2n) is 6.77. The van der Waals surface area contributed by atoms with Gasteiger partial charge in [0.25, 0.3) is 0 Å². The van der Waals surface area contributed by atoms with Crippen LogP contribution < -0.4 is 5.32 Å². The first kappa shape index (κ1) is 16.5. The van der Waals surface area contributed by atoms with Crippen molar-refractivity contribution in [3.8, 4) is 0 Å². The van der Waals surface area contributed by atoms with Gasteiger partial charge in [0, 0.05) is 19.0 Å². The molecule has 1 atom stereocenters. The van der Waals surface area contributed by atoms with E-state index in [0.717, 1.165) is 42.2 Å². The quantitative estimate of drug-likeness (QED) is 0.790. The summed E-state index contributed by atoms with van der Waals surface area (Å²) in [5.74, 6) is 1.65. The lowest BCUT2D eigenvalue weighted by Gasteiger charge is -2.27. The lowest BCUT2D eigenvalue weighted by molar-refractivity contribution is -0.122. The van der Waals surface area contributed by atoms with Crippen LogP contribution in [0.15, 0.2) is 60.7 Å². The molecule has 0 saturated carbocycles. The first-order chi connectivity index (χ1) is 12.7. The average molecular weight is 346 g/mol. The van der Waals surface area contributed by atoms with E-state index < -0.39 is 0 Å². The van der Waals surface area contributed by atoms with Crippen molar-refractivity contribution in [2.75, 3.05) is 0 Å². The Morgan fingerprint density at radius 3 is 2.27 bits per heavy atom. The first-order valence-electron chi connectivity index (χ1n) is 9.01. The summed E-state index contributed by atoms with van der Waals surface area (Å²) >= 11 is 0. The molecule has 0 bridgehead atoms. The molecular formula is C21H22N4O. The minimum atomic E-state index is -0.305. The van der Waals surface area contributed by atoms with E-state index >= 15 is 0 Å². The van der Waals surface area contributed by atoms with Crippen LogP contribution in [0, 0.1) is 6.92 Å². The van der Waals surface area contributed by atoms with Crippen LogP contribution in [0.5, 0.6) is 0 Å². The fraction of sp³-hybridized carbons (Fsp3) is 0.286. The Balaban J connectivity index is 1.57. The minimum absolute atomic E-state index is 0.0431. The zero-order chi connectivity index (χ0) is 17.9. The zero-order valence-corrected chi connectivity index (χ0v) is 14.8. The number of rotatable bonds is 4. The predicted octanol–water partition coefficient (Wildman–Crippen LogP) is 2.85. The van der Waals surface area contributed by atoms with E-state index in [4.69, 9.17) is 0 Å². The number of benzene rings is 2. The molecule has 1 aliphatic heterocycles. The molecule has 0 unspecified atom stereocenters. The van der Waals surface area contributed by atoms with Crippen molar-refractivity contribution < 1.29 is 4.79 Å². The van der Waals surface area contributed by atoms with Gasteiger partial charge in [0.2, 0.25) is 5.91 Å². The zero-order valence-electron chi connectivity index (χ0n) is 14.8. The van der Waals surface area contributed by atoms with Crippen LogP contribution in [0.4, 0.5) is 0 Å². The molecule has 26 heavy (non-hydrogen) atoms. The first-order valence-corrected chi connectivity index (χ1v) is 9.01. The van der Waals surface area contributed by atoms with Crippen LogP contribution in [0.2, 0.25) is 0 Å². The molecule has 5 nitrogen and oxygen atoms in total. The molecule has 0 radical (unpaired) electrons. The Morgan fingerprint density at radius 1 is 1.04 bits per heavy atom. The van der Waals surface area contributed by atoms with Gasteiger partial charge >= 0.3 is 0 Å². The van der Waals surface area contributed by atoms with E-state index in [9.17, 15) is 4.79 Å². The van der Waals surface area contributed by atoms with Crippen molar-refractivity contribution in [1.82, 2.24) is 20.1 Å². The van der Waals surface area contributed by atoms with Crippen molar-refractivity contribution in [3.63, 3.8) is 0 Å². The number of aryl methyl sites for hydroxylation is 2. The molecule has 4 rings (SSSR count). The Kier molecular flexibility index (Phi) is 4.52. The van der Waals surface area contributed by atoms with Gasteiger partial charge in [0.1, 0.15) is 11.6 Å². The number of amides is 1. The standard InChI is InChI=1S/C21H22N4O/c1-15-23-24-19-13-12-18(14-25(15)19)22-21(26)20(16-8-4-2-5-9-16)17-10-6-3-7-11-17/h2-11,18,20H,12-14H2,1H3,(H,22,26)/t18-/m0/s1. The van der Waals surface area contributed by atoms with E-state index in [0.29, 0.717) is 0 Å². The lowest BCUT2D eigenvalue weighted by Crippen LogP contribution is -2.43. The number of fused-ring (bicyclic) bond motifs is 1. The van der Waals surface area contributed by atoms with E-state index in [1.807, 2.05) is 67.6 Å². The van der Waals surface area contributed by atoms with Crippen molar-refractivity contribution in [2.45, 2.75) is 38.3 Å². The second-order valence-corrected chi connectivity index (χ2v) is 6.77. The third-order valence-electron chi connectivity index (χ3n) is 5.01. The molecule has 2 heterocycles. The van der Waals surface area contributed by atoms with Crippen LogP contribution in [0.1, 0.15) is 35.1 Å². The summed E-state index contributed by atoms with van der Waals surface area (Å²) in [6.07, 6.45) is 1.73. The van der Waals surface area contributed by atoms with Gasteiger partial charge in [0.15, 0.2) is 0 Å². The lowest BCUT2D eigenvalue weighted by atomic mass is 9.90. The summed E-state index contributed by atoms with van der Waals surface area (Å²) in [5, 5.41) is 11.6. The van der Waals surface area contributed by atoms with Gasteiger partial charge in [-0.3, -0.25) is 4.79 Å². The van der Waals surface area contributed by atoms with Gasteiger partial charge < -0.3 is 9.88 Å². The molecule has 1 aromatic heterocycles. The highest BCUT2D eigenvalue weighted by atomic mass is 16.2. The number of aromatic nitrogens is 3. The van der Waals surface area contributed by atoms with Gasteiger partial charge in [-0.15, -0.1) is 10.2 Å². The van der Waals surface area contributed by atoms with Crippen molar-refractivity contribution >= 4 is 5.91 Å². The monoisotopic (exact) mass is 346 g/mol. The maximum absolute atomic E-state index is 13.2. The van der Waals surface area contributed by atoms with Gasteiger partial charge in [-0.2, -0.15) is 0 Å². The molecule has 5 heteroatoms. The number of nitrogens with zero attached hydrogens (tertiary/aromatic N) is 3. The van der Waals surface area contributed by atoms with Crippen LogP contribution in [0.25, 0.3) is 0 Å². The number of hydrogen-bond acceptors (Lipinski definition) is 3. The average Bonchev–Trinajstić information content (AvgIpc) is 3.04. The highest BCUT2D eigenvalue weighted by molar-refractivity contribution is 5.87. The van der Waals surface area contributed by atoms with Gasteiger partial charge in [-0.05, 0) is 24.5 Å². The van der Waals surface area contributed by atoms with Gasteiger partial charge in [0.05, 0.1) is 5.92 Å². The topological polar surface area (TPSA) is 59.8 Å². The molecule has 2 aromatic carbocycles. The molecule has 132 valence electrons. The molecule has 0 saturated heterocycles. The highest BCUT2D eigenvalue weighted by Gasteiger charge is 2.27. The van der Waals surface area contributed by atoms with Crippen LogP contribution in [-0.4, -0.2) is 26.7 Å². The van der Waals surface area contributed by atoms with Crippen LogP contribution in [-0.2, 0) is 17.8 Å². The molecule has 1 N–H and O–H groups in total. The van der Waals surface area contributed by atoms with Crippen molar-refractivity contribution in [3.05, 3.63) is 83.4 Å². The molecule has 1 aliphatic rings. The minimum Gasteiger partial charge on any atom is -0.351 e. The third kappa shape index (κ3) is 3.25. The Bertz CT molecular complexity index is 849. The molecule has 0 aliphatic carbocycles. The molecule has 0 spiro atoms. The van der Waals surface area contributed by atoms with E-state index in [1.54, 1.807) is 0 Å². The normalized spacial score (nSPS) is 16.3. The fourth-order valence-corrected chi connectivity index (χ4v) is 3.65. The Morgan fingerprint density at radius 2 is 1.65 bits per heavy atom. The summed E-state index contributed by atoms with van der Waals surface area (Å²) in [4.78, 5) is 13.2. The van der Waals surface area contributed by atoms with Crippen molar-refractivity contribution in [2.24, 2.45) is 0 Å². The number of nitrogens with one attached hydrogen (secondary N) is 1. The molecule has 3 aromatic rings. The summed E-state index contributed by atoms with van der Waals surface area (Å²) in [6, 6.07) is 20.0. The maximum Gasteiger partial charge on any atom is 0.232 e. The summed E-state index contributed by atoms with van der Waals surface area (Å²) in [5.41, 5.74) is 2.02. The van der Waals surface area contributed by atoms with E-state index in [2.05, 4.69) is 20.1 Å². The summed E-state index contributed by atoms with van der Waals surface area (Å²) in [7, 11) is 0. The molecule has 1 amide bonds. The predicted molar refractivity (Wildman–Crippen MR) is 99.7 cm³/mol. The number of hydrogen-bond donors (Lipinski definition) is 1. The van der Waals surface area contributed by atoms with Gasteiger partial charge in [-0.25, -0.2) is 0 Å². The fourth-order valence-electron chi connectivity index (χ4n) is 3.65. The van der Waals surface area contributed by atoms with E-state index in [-0.39, 0.29) is 17.9 Å². The molecular weight excluding hydrogens is 324 g/mol. The highest BCUT2D eigenvalue weighted by Crippen LogP contribution is 2.25. The Hall–Kier alpha value is -2.95. The van der Waals surface area contributed by atoms with Crippen molar-refractivity contribution in [1.29, 1.82) is 0 Å². The third-order valence-corrected chi connectivity index (χ3v) is 5.01. The summed E-state index contributed by atoms with van der Waals surface area (Å²) in [6.45, 7) is 2.69. The SMILES string of the molecule is Cc1nnc2n1C[C@@H](NC(=O)C(c1ccccc1)c1ccccc1)CC2.